The number of aromatic nitrogens is 4. The first kappa shape index (κ1) is 31.4. The lowest BCUT2D eigenvalue weighted by Gasteiger charge is -2.38. The minimum absolute atomic E-state index is 0.0532. The van der Waals surface area contributed by atoms with Crippen molar-refractivity contribution in [2.45, 2.75) is 31.2 Å². The zero-order valence-electron chi connectivity index (χ0n) is 24.8. The Morgan fingerprint density at radius 1 is 1.09 bits per heavy atom. The number of hydrogen-bond acceptors (Lipinski definition) is 7. The second-order valence-corrected chi connectivity index (χ2v) is 10.9. The molecule has 3 amide bonds. The van der Waals surface area contributed by atoms with Crippen LogP contribution in [-0.4, -0.2) is 80.4 Å². The van der Waals surface area contributed by atoms with E-state index in [1.807, 2.05) is 0 Å². The zero-order chi connectivity index (χ0) is 33.5. The SMILES string of the molecule is CCN1C(=O)[C@@H](NC(=O)c2ccn(C(F)(F)F)n2)[C@@H](c2ccc(F)cc2)c2c(C(=O)N3CCNC[C@H]3C#N)nn(-c3ccccc3)c21. The number of anilines is 1. The quantitative estimate of drug-likeness (QED) is 0.306. The van der Waals surface area contributed by atoms with E-state index in [1.54, 1.807) is 37.3 Å². The number of amides is 3. The Morgan fingerprint density at radius 3 is 2.45 bits per heavy atom. The zero-order valence-corrected chi connectivity index (χ0v) is 24.8. The molecule has 47 heavy (non-hydrogen) atoms. The number of nitrogens with one attached hydrogen (secondary N) is 2. The number of para-hydroxylation sites is 1. The fourth-order valence-electron chi connectivity index (χ4n) is 5.94. The van der Waals surface area contributed by atoms with Crippen molar-refractivity contribution in [3.63, 3.8) is 0 Å². The van der Waals surface area contributed by atoms with Crippen LogP contribution in [0.25, 0.3) is 5.69 Å². The number of benzene rings is 2. The summed E-state index contributed by atoms with van der Waals surface area (Å²) < 4.78 is 55.0. The van der Waals surface area contributed by atoms with Gasteiger partial charge in [-0.1, -0.05) is 30.3 Å². The molecule has 0 spiro atoms. The van der Waals surface area contributed by atoms with Gasteiger partial charge in [0.2, 0.25) is 0 Å². The first-order valence-corrected chi connectivity index (χ1v) is 14.6. The summed E-state index contributed by atoms with van der Waals surface area (Å²) in [7, 11) is 0. The number of nitrogens with zero attached hydrogens (tertiary/aromatic N) is 7. The topological polar surface area (TPSA) is 141 Å². The van der Waals surface area contributed by atoms with Crippen molar-refractivity contribution < 1.29 is 31.9 Å². The molecule has 2 N–H and O–H groups in total. The summed E-state index contributed by atoms with van der Waals surface area (Å²) in [4.78, 5) is 44.7. The molecule has 3 atom stereocenters. The van der Waals surface area contributed by atoms with E-state index < -0.39 is 53.5 Å². The van der Waals surface area contributed by atoms with E-state index in [2.05, 4.69) is 21.8 Å². The Hall–Kier alpha value is -5.56. The van der Waals surface area contributed by atoms with E-state index in [0.29, 0.717) is 24.0 Å². The molecule has 0 unspecified atom stereocenters. The maximum Gasteiger partial charge on any atom is 0.504 e. The molecule has 242 valence electrons. The van der Waals surface area contributed by atoms with Gasteiger partial charge in [-0.2, -0.15) is 20.1 Å². The van der Waals surface area contributed by atoms with E-state index in [1.165, 1.54) is 26.6 Å². The van der Waals surface area contributed by atoms with Gasteiger partial charge < -0.3 is 15.5 Å². The number of rotatable bonds is 6. The van der Waals surface area contributed by atoms with Crippen LogP contribution in [0, 0.1) is 17.1 Å². The van der Waals surface area contributed by atoms with Crippen molar-refractivity contribution in [1.82, 2.24) is 35.1 Å². The summed E-state index contributed by atoms with van der Waals surface area (Å²) in [5, 5.41) is 23.5. The van der Waals surface area contributed by atoms with E-state index >= 15 is 0 Å². The highest BCUT2D eigenvalue weighted by Gasteiger charge is 2.48. The summed E-state index contributed by atoms with van der Waals surface area (Å²) in [6.07, 6.45) is -4.30. The van der Waals surface area contributed by atoms with Gasteiger partial charge in [0.15, 0.2) is 5.69 Å². The van der Waals surface area contributed by atoms with Gasteiger partial charge in [-0.05, 0) is 42.8 Å². The monoisotopic (exact) mass is 649 g/mol. The van der Waals surface area contributed by atoms with Gasteiger partial charge in [0.05, 0.1) is 11.8 Å². The number of carbonyl (C=O) groups excluding carboxylic acids is 3. The molecule has 0 aliphatic carbocycles. The Kier molecular flexibility index (Phi) is 8.24. The van der Waals surface area contributed by atoms with Crippen molar-refractivity contribution in [3.8, 4) is 11.8 Å². The highest BCUT2D eigenvalue weighted by Crippen LogP contribution is 2.44. The van der Waals surface area contributed by atoms with Crippen LogP contribution in [0.1, 0.15) is 44.9 Å². The molecule has 4 heterocycles. The first-order valence-electron chi connectivity index (χ1n) is 14.6. The lowest BCUT2D eigenvalue weighted by atomic mass is 9.80. The summed E-state index contributed by atoms with van der Waals surface area (Å²) in [6.45, 7) is 2.54. The summed E-state index contributed by atoms with van der Waals surface area (Å²) >= 11 is 0. The van der Waals surface area contributed by atoms with Gasteiger partial charge in [0, 0.05) is 43.9 Å². The fourth-order valence-corrected chi connectivity index (χ4v) is 5.94. The third kappa shape index (κ3) is 5.69. The number of halogens is 4. The van der Waals surface area contributed by atoms with Crippen LogP contribution in [0.2, 0.25) is 0 Å². The number of carbonyl (C=O) groups is 3. The van der Waals surface area contributed by atoms with Crippen molar-refractivity contribution in [1.29, 1.82) is 5.26 Å². The fraction of sp³-hybridized carbons (Fsp3) is 0.290. The third-order valence-corrected chi connectivity index (χ3v) is 8.10. The molecule has 1 fully saturated rings. The van der Waals surface area contributed by atoms with E-state index in [-0.39, 0.29) is 41.4 Å². The second-order valence-electron chi connectivity index (χ2n) is 10.9. The Labute approximate surface area is 265 Å². The average Bonchev–Trinajstić information content (AvgIpc) is 3.73. The van der Waals surface area contributed by atoms with Gasteiger partial charge in [-0.25, -0.2) is 9.07 Å². The van der Waals surface area contributed by atoms with E-state index in [4.69, 9.17) is 5.10 Å². The predicted octanol–water partition coefficient (Wildman–Crippen LogP) is 2.92. The normalized spacial score (nSPS) is 19.7. The van der Waals surface area contributed by atoms with Crippen LogP contribution in [0.5, 0.6) is 0 Å². The molecular weight excluding hydrogens is 622 g/mol. The van der Waals surface area contributed by atoms with Crippen LogP contribution in [0.4, 0.5) is 23.4 Å². The van der Waals surface area contributed by atoms with Crippen LogP contribution < -0.4 is 15.5 Å². The molecule has 6 rings (SSSR count). The predicted molar refractivity (Wildman–Crippen MR) is 158 cm³/mol. The molecule has 16 heteroatoms. The maximum absolute atomic E-state index is 14.3. The number of hydrogen-bond donors (Lipinski definition) is 2. The summed E-state index contributed by atoms with van der Waals surface area (Å²) in [5.41, 5.74) is 0.335. The van der Waals surface area contributed by atoms with Gasteiger partial charge in [0.25, 0.3) is 17.7 Å². The number of likely N-dealkylation sites (N-methyl/N-ethyl adjacent to an activating group) is 1. The molecule has 1 saturated heterocycles. The van der Waals surface area contributed by atoms with Crippen molar-refractivity contribution >= 4 is 23.5 Å². The highest BCUT2D eigenvalue weighted by molar-refractivity contribution is 6.07. The van der Waals surface area contributed by atoms with Gasteiger partial charge >= 0.3 is 6.30 Å². The number of piperazine rings is 1. The third-order valence-electron chi connectivity index (χ3n) is 8.10. The van der Waals surface area contributed by atoms with Crippen molar-refractivity contribution in [2.75, 3.05) is 31.1 Å². The first-order chi connectivity index (χ1) is 22.5. The van der Waals surface area contributed by atoms with Gasteiger partial charge in [-0.15, -0.1) is 13.2 Å². The number of fused-ring (bicyclic) bond motifs is 1. The standard InChI is InChI=1S/C31H27F4N9O3/c1-2-41-28-24(26(40-44(28)20-6-4-3-5-7-20)30(47)42-15-13-37-17-21(42)16-36)23(18-8-10-19(32)11-9-18)25(29(41)46)38-27(45)22-12-14-43(39-22)31(33,34)35/h3-12,14,21,23,25,37H,2,13,15,17H2,1H3,(H,38,45)/t21-,23+,25+/m1/s1. The van der Waals surface area contributed by atoms with Gasteiger partial charge in [-0.3, -0.25) is 19.3 Å². The van der Waals surface area contributed by atoms with Crippen LogP contribution >= 0.6 is 0 Å². The minimum Gasteiger partial charge on any atom is -0.338 e. The minimum atomic E-state index is -4.88. The largest absolute Gasteiger partial charge is 0.504 e. The van der Waals surface area contributed by atoms with E-state index in [9.17, 15) is 37.2 Å². The lowest BCUT2D eigenvalue weighted by Crippen LogP contribution is -2.56. The van der Waals surface area contributed by atoms with Crippen LogP contribution in [0.3, 0.4) is 0 Å². The summed E-state index contributed by atoms with van der Waals surface area (Å²) in [6, 6.07) is 14.5. The molecule has 2 aromatic carbocycles. The molecule has 12 nitrogen and oxygen atoms in total. The maximum atomic E-state index is 14.3. The summed E-state index contributed by atoms with van der Waals surface area (Å²) in [5.74, 6) is -3.85. The Bertz CT molecular complexity index is 1870. The van der Waals surface area contributed by atoms with Crippen LogP contribution in [-0.2, 0) is 11.1 Å². The molecule has 4 aromatic rings. The highest BCUT2D eigenvalue weighted by atomic mass is 19.4. The molecule has 2 aliphatic heterocycles. The molecule has 2 aliphatic rings. The van der Waals surface area contributed by atoms with E-state index in [0.717, 1.165) is 18.2 Å². The molecule has 0 saturated carbocycles. The Balaban J connectivity index is 1.56. The van der Waals surface area contributed by atoms with Crippen molar-refractivity contribution in [3.05, 3.63) is 95.2 Å². The lowest BCUT2D eigenvalue weighted by molar-refractivity contribution is -0.212. The average molecular weight is 650 g/mol. The molecule has 2 aromatic heterocycles. The smallest absolute Gasteiger partial charge is 0.338 e. The van der Waals surface area contributed by atoms with Crippen molar-refractivity contribution in [2.24, 2.45) is 0 Å². The molecular formula is C31H27F4N9O3. The second kappa shape index (κ2) is 12.3. The molecule has 0 bridgehead atoms. The van der Waals surface area contributed by atoms with Crippen LogP contribution in [0.15, 0.2) is 66.9 Å². The number of nitriles is 1. The Morgan fingerprint density at radius 2 is 1.81 bits per heavy atom. The molecule has 0 radical (unpaired) electrons. The van der Waals surface area contributed by atoms with Gasteiger partial charge in [0.1, 0.15) is 29.4 Å². The number of alkyl halides is 3.